The summed E-state index contributed by atoms with van der Waals surface area (Å²) in [6, 6.07) is 3.17. The predicted octanol–water partition coefficient (Wildman–Crippen LogP) is 1.55. The number of amidine groups is 1. The van der Waals surface area contributed by atoms with Gasteiger partial charge in [-0.25, -0.2) is 4.98 Å². The van der Waals surface area contributed by atoms with Crippen LogP contribution in [0.3, 0.4) is 0 Å². The van der Waals surface area contributed by atoms with Crippen molar-refractivity contribution in [1.82, 2.24) is 15.0 Å². The molecule has 0 unspecified atom stereocenters. The number of nitrogens with zero attached hydrogens (tertiary/aromatic N) is 2. The van der Waals surface area contributed by atoms with E-state index >= 15 is 0 Å². The summed E-state index contributed by atoms with van der Waals surface area (Å²) in [6.07, 6.45) is 4.86. The Labute approximate surface area is 120 Å². The van der Waals surface area contributed by atoms with Crippen molar-refractivity contribution in [3.8, 4) is 0 Å². The van der Waals surface area contributed by atoms with Gasteiger partial charge in [-0.05, 0) is 24.2 Å². The van der Waals surface area contributed by atoms with Crippen molar-refractivity contribution in [1.29, 1.82) is 5.41 Å². The Kier molecular flexibility index (Phi) is 4.52. The summed E-state index contributed by atoms with van der Waals surface area (Å²) in [5.74, 6) is -0.0399. The van der Waals surface area contributed by atoms with Gasteiger partial charge in [0, 0.05) is 34.6 Å². The third-order valence-corrected chi connectivity index (χ3v) is 3.49. The highest BCUT2D eigenvalue weighted by atomic mass is 32.2. The van der Waals surface area contributed by atoms with Crippen LogP contribution in [0.1, 0.15) is 24.6 Å². The van der Waals surface area contributed by atoms with Crippen molar-refractivity contribution >= 4 is 17.6 Å². The van der Waals surface area contributed by atoms with Gasteiger partial charge in [-0.3, -0.25) is 15.2 Å². The number of aryl methyl sites for hydroxylation is 1. The third-order valence-electron chi connectivity index (χ3n) is 2.56. The average Bonchev–Trinajstić information content (AvgIpc) is 2.38. The van der Waals surface area contributed by atoms with Crippen LogP contribution in [0.4, 0.5) is 0 Å². The molecule has 0 fully saturated rings. The lowest BCUT2D eigenvalue weighted by atomic mass is 10.2. The summed E-state index contributed by atoms with van der Waals surface area (Å²) in [4.78, 5) is 23.4. The first-order valence-corrected chi connectivity index (χ1v) is 6.98. The first-order valence-electron chi connectivity index (χ1n) is 6.16. The summed E-state index contributed by atoms with van der Waals surface area (Å²) >= 11 is 1.25. The van der Waals surface area contributed by atoms with Gasteiger partial charge in [0.15, 0.2) is 5.16 Å². The van der Waals surface area contributed by atoms with E-state index in [-0.39, 0.29) is 11.4 Å². The number of nitrogen functional groups attached to an aromatic ring is 1. The van der Waals surface area contributed by atoms with E-state index < -0.39 is 0 Å². The van der Waals surface area contributed by atoms with Gasteiger partial charge in [-0.15, -0.1) is 0 Å². The van der Waals surface area contributed by atoms with Crippen molar-refractivity contribution < 1.29 is 0 Å². The average molecular weight is 289 g/mol. The Morgan fingerprint density at radius 3 is 3.05 bits per heavy atom. The molecule has 2 heterocycles. The van der Waals surface area contributed by atoms with Crippen molar-refractivity contribution in [2.24, 2.45) is 5.73 Å². The quantitative estimate of drug-likeness (QED) is 0.439. The number of aromatic amines is 1. The molecule has 0 atom stereocenters. The van der Waals surface area contributed by atoms with Gasteiger partial charge in [0.2, 0.25) is 0 Å². The molecule has 0 amide bonds. The Balaban J connectivity index is 2.35. The Hall–Kier alpha value is -2.15. The Morgan fingerprint density at radius 2 is 2.35 bits per heavy atom. The normalized spacial score (nSPS) is 10.4. The molecule has 7 heteroatoms. The van der Waals surface area contributed by atoms with Crippen LogP contribution in [0, 0.1) is 5.41 Å². The molecule has 0 spiro atoms. The minimum atomic E-state index is -0.181. The van der Waals surface area contributed by atoms with E-state index in [0.717, 1.165) is 18.5 Å². The first kappa shape index (κ1) is 14.3. The van der Waals surface area contributed by atoms with Gasteiger partial charge < -0.3 is 10.7 Å². The van der Waals surface area contributed by atoms with Crippen molar-refractivity contribution in [2.45, 2.75) is 29.8 Å². The molecule has 6 nitrogen and oxygen atoms in total. The molecule has 2 aromatic rings. The number of pyridine rings is 1. The van der Waals surface area contributed by atoms with E-state index in [1.807, 2.05) is 6.92 Å². The van der Waals surface area contributed by atoms with E-state index in [4.69, 9.17) is 11.1 Å². The van der Waals surface area contributed by atoms with Gasteiger partial charge in [0.1, 0.15) is 5.84 Å². The highest BCUT2D eigenvalue weighted by Crippen LogP contribution is 2.26. The summed E-state index contributed by atoms with van der Waals surface area (Å²) in [5.41, 5.74) is 6.68. The Morgan fingerprint density at radius 1 is 1.55 bits per heavy atom. The maximum atomic E-state index is 11.6. The standard InChI is InChI=1S/C13H15N5OS/c1-2-3-8-6-11(19)18-13(17-8)20-10-7-16-5-4-9(10)12(14)15/h4-7H,2-3H2,1H3,(H3,14,15)(H,17,18,19). The second-order valence-electron chi connectivity index (χ2n) is 4.18. The zero-order valence-electron chi connectivity index (χ0n) is 11.0. The number of hydrogen-bond acceptors (Lipinski definition) is 5. The number of aromatic nitrogens is 3. The van der Waals surface area contributed by atoms with E-state index in [0.29, 0.717) is 15.6 Å². The molecule has 2 aromatic heterocycles. The van der Waals surface area contributed by atoms with Crippen LogP contribution in [0.2, 0.25) is 0 Å². The minimum Gasteiger partial charge on any atom is -0.384 e. The third kappa shape index (κ3) is 3.45. The SMILES string of the molecule is CCCc1cc(=O)[nH]c(Sc2cnccc2C(=N)N)n1. The molecule has 20 heavy (non-hydrogen) atoms. The lowest BCUT2D eigenvalue weighted by Gasteiger charge is -2.07. The van der Waals surface area contributed by atoms with Crippen molar-refractivity contribution in [3.63, 3.8) is 0 Å². The zero-order chi connectivity index (χ0) is 14.5. The van der Waals surface area contributed by atoms with Crippen molar-refractivity contribution in [2.75, 3.05) is 0 Å². The molecule has 4 N–H and O–H groups in total. The molecule has 0 radical (unpaired) electrons. The molecule has 0 saturated carbocycles. The fourth-order valence-corrected chi connectivity index (χ4v) is 2.63. The van der Waals surface area contributed by atoms with Gasteiger partial charge in [0.25, 0.3) is 5.56 Å². The van der Waals surface area contributed by atoms with E-state index in [1.54, 1.807) is 18.5 Å². The maximum Gasteiger partial charge on any atom is 0.251 e. The fourth-order valence-electron chi connectivity index (χ4n) is 1.70. The van der Waals surface area contributed by atoms with Crippen molar-refractivity contribution in [3.05, 3.63) is 46.1 Å². The molecular formula is C13H15N5OS. The van der Waals surface area contributed by atoms with Crippen LogP contribution in [0.25, 0.3) is 0 Å². The summed E-state index contributed by atoms with van der Waals surface area (Å²) in [5, 5.41) is 8.02. The van der Waals surface area contributed by atoms with E-state index in [1.165, 1.54) is 17.8 Å². The maximum absolute atomic E-state index is 11.6. The summed E-state index contributed by atoms with van der Waals surface area (Å²) < 4.78 is 0. The second kappa shape index (κ2) is 6.33. The molecule has 104 valence electrons. The number of H-pyrrole nitrogens is 1. The van der Waals surface area contributed by atoms with Crippen LogP contribution in [-0.2, 0) is 6.42 Å². The molecule has 0 saturated heterocycles. The van der Waals surface area contributed by atoms with Crippen LogP contribution in [-0.4, -0.2) is 20.8 Å². The lowest BCUT2D eigenvalue weighted by molar-refractivity contribution is 0.816. The van der Waals surface area contributed by atoms with Crippen LogP contribution in [0.15, 0.2) is 39.4 Å². The van der Waals surface area contributed by atoms with E-state index in [9.17, 15) is 4.79 Å². The summed E-state index contributed by atoms with van der Waals surface area (Å²) in [7, 11) is 0. The lowest BCUT2D eigenvalue weighted by Crippen LogP contribution is -2.13. The predicted molar refractivity (Wildman–Crippen MR) is 78.2 cm³/mol. The highest BCUT2D eigenvalue weighted by molar-refractivity contribution is 7.99. The number of hydrogen-bond donors (Lipinski definition) is 3. The van der Waals surface area contributed by atoms with Gasteiger partial charge in [-0.1, -0.05) is 13.3 Å². The fraction of sp³-hybridized carbons (Fsp3) is 0.231. The minimum absolute atomic E-state index is 0.0399. The zero-order valence-corrected chi connectivity index (χ0v) is 11.8. The summed E-state index contributed by atoms with van der Waals surface area (Å²) in [6.45, 7) is 2.03. The van der Waals surface area contributed by atoms with Crippen LogP contribution >= 0.6 is 11.8 Å². The molecule has 0 aliphatic heterocycles. The topological polar surface area (TPSA) is 109 Å². The number of rotatable bonds is 5. The largest absolute Gasteiger partial charge is 0.384 e. The first-order chi connectivity index (χ1) is 9.60. The molecule has 0 aliphatic carbocycles. The van der Waals surface area contributed by atoms with Gasteiger partial charge in [-0.2, -0.15) is 0 Å². The molecule has 2 rings (SSSR count). The Bertz CT molecular complexity index is 682. The number of nitrogens with one attached hydrogen (secondary N) is 2. The van der Waals surface area contributed by atoms with Crippen LogP contribution < -0.4 is 11.3 Å². The molecule has 0 aromatic carbocycles. The van der Waals surface area contributed by atoms with Crippen LogP contribution in [0.5, 0.6) is 0 Å². The molecular weight excluding hydrogens is 274 g/mol. The molecule has 0 bridgehead atoms. The number of nitrogens with two attached hydrogens (primary N) is 1. The highest BCUT2D eigenvalue weighted by Gasteiger charge is 2.09. The monoisotopic (exact) mass is 289 g/mol. The van der Waals surface area contributed by atoms with Gasteiger partial charge >= 0.3 is 0 Å². The molecule has 0 aliphatic rings. The smallest absolute Gasteiger partial charge is 0.251 e. The van der Waals surface area contributed by atoms with E-state index in [2.05, 4.69) is 15.0 Å². The second-order valence-corrected chi connectivity index (χ2v) is 5.21. The van der Waals surface area contributed by atoms with Gasteiger partial charge in [0.05, 0.1) is 0 Å².